The summed E-state index contributed by atoms with van der Waals surface area (Å²) in [5, 5.41) is 3.72. The van der Waals surface area contributed by atoms with Crippen molar-refractivity contribution in [3.05, 3.63) is 28.6 Å². The van der Waals surface area contributed by atoms with E-state index in [1.807, 2.05) is 0 Å². The van der Waals surface area contributed by atoms with E-state index in [1.165, 1.54) is 13.0 Å². The lowest BCUT2D eigenvalue weighted by atomic mass is 9.74. The third-order valence-corrected chi connectivity index (χ3v) is 8.09. The molecule has 4 atom stereocenters. The van der Waals surface area contributed by atoms with E-state index >= 15 is 0 Å². The first-order valence-electron chi connectivity index (χ1n) is 12.3. The monoisotopic (exact) mass is 483 g/mol. The number of rotatable bonds is 5. The molecule has 1 aliphatic carbocycles. The van der Waals surface area contributed by atoms with Crippen LogP contribution in [0.1, 0.15) is 62.0 Å². The van der Waals surface area contributed by atoms with Crippen LogP contribution >= 0.6 is 0 Å². The van der Waals surface area contributed by atoms with Gasteiger partial charge in [0.25, 0.3) is 0 Å². The number of carbonyl (C=O) groups excluding carboxylic acids is 1. The zero-order valence-corrected chi connectivity index (χ0v) is 20.5. The zero-order chi connectivity index (χ0) is 24.7. The molecule has 1 aromatic rings. The van der Waals surface area contributed by atoms with Gasteiger partial charge in [-0.2, -0.15) is 13.2 Å². The maximum Gasteiger partial charge on any atom is 0.418 e. The number of ether oxygens (including phenoxy) is 2. The summed E-state index contributed by atoms with van der Waals surface area (Å²) in [7, 11) is 1.69. The number of carbonyl (C=O) groups is 1. The van der Waals surface area contributed by atoms with Crippen LogP contribution in [0, 0.1) is 18.3 Å². The molecule has 9 heteroatoms. The number of nitrogens with one attached hydrogen (secondary N) is 1. The van der Waals surface area contributed by atoms with E-state index in [2.05, 4.69) is 24.1 Å². The lowest BCUT2D eigenvalue weighted by Gasteiger charge is -2.40. The molecule has 1 saturated carbocycles. The van der Waals surface area contributed by atoms with Gasteiger partial charge in [0.15, 0.2) is 0 Å². The fraction of sp³-hybridized carbons (Fsp3) is 0.760. The standard InChI is InChI=1S/C25H36F3N3O3/c1-15(2)24(8-5-18(12-24)30-21-7-10-34-14-22(21)33-4)23(32)31-9-6-20-17(13-31)11-19(16(3)29-20)25(26,27)28/h11,15,18,21-22,30H,5-10,12-14H2,1-4H3/t18-,21+,22-,24+/m1/s1. The molecule has 1 N–H and O–H groups in total. The molecule has 4 rings (SSSR count). The second-order valence-electron chi connectivity index (χ2n) is 10.4. The lowest BCUT2D eigenvalue weighted by molar-refractivity contribution is -0.146. The van der Waals surface area contributed by atoms with Gasteiger partial charge in [-0.25, -0.2) is 0 Å². The third kappa shape index (κ3) is 4.84. The highest BCUT2D eigenvalue weighted by Crippen LogP contribution is 2.47. The molecule has 190 valence electrons. The third-order valence-electron chi connectivity index (χ3n) is 8.09. The van der Waals surface area contributed by atoms with Crippen molar-refractivity contribution in [2.45, 2.75) is 83.8 Å². The fourth-order valence-electron chi connectivity index (χ4n) is 5.97. The van der Waals surface area contributed by atoms with Gasteiger partial charge < -0.3 is 19.7 Å². The first-order valence-corrected chi connectivity index (χ1v) is 12.3. The number of methoxy groups -OCH3 is 1. The van der Waals surface area contributed by atoms with Crippen molar-refractivity contribution in [2.75, 3.05) is 26.9 Å². The van der Waals surface area contributed by atoms with Crippen LogP contribution in [0.4, 0.5) is 13.2 Å². The predicted molar refractivity (Wildman–Crippen MR) is 121 cm³/mol. The van der Waals surface area contributed by atoms with Crippen molar-refractivity contribution < 1.29 is 27.4 Å². The van der Waals surface area contributed by atoms with Gasteiger partial charge in [0.05, 0.1) is 23.7 Å². The van der Waals surface area contributed by atoms with Crippen molar-refractivity contribution in [1.82, 2.24) is 15.2 Å². The van der Waals surface area contributed by atoms with Crippen LogP contribution in [-0.4, -0.2) is 60.8 Å². The molecular weight excluding hydrogens is 447 g/mol. The number of alkyl halides is 3. The number of aryl methyl sites for hydroxylation is 1. The second kappa shape index (κ2) is 9.74. The van der Waals surface area contributed by atoms with Crippen LogP contribution in [0.3, 0.4) is 0 Å². The number of hydrogen-bond donors (Lipinski definition) is 1. The van der Waals surface area contributed by atoms with Crippen molar-refractivity contribution in [3.63, 3.8) is 0 Å². The van der Waals surface area contributed by atoms with Crippen LogP contribution in [0.15, 0.2) is 6.07 Å². The first kappa shape index (κ1) is 25.4. The molecule has 3 aliphatic rings. The van der Waals surface area contributed by atoms with Gasteiger partial charge in [0.1, 0.15) is 0 Å². The highest BCUT2D eigenvalue weighted by molar-refractivity contribution is 5.83. The van der Waals surface area contributed by atoms with E-state index in [9.17, 15) is 18.0 Å². The van der Waals surface area contributed by atoms with E-state index in [-0.39, 0.29) is 42.3 Å². The van der Waals surface area contributed by atoms with Crippen molar-refractivity contribution in [1.29, 1.82) is 0 Å². The van der Waals surface area contributed by atoms with E-state index in [0.29, 0.717) is 37.4 Å². The van der Waals surface area contributed by atoms with Crippen LogP contribution in [0.5, 0.6) is 0 Å². The van der Waals surface area contributed by atoms with Crippen molar-refractivity contribution in [3.8, 4) is 0 Å². The molecule has 6 nitrogen and oxygen atoms in total. The minimum Gasteiger partial charge on any atom is -0.379 e. The van der Waals surface area contributed by atoms with E-state index < -0.39 is 17.2 Å². The van der Waals surface area contributed by atoms with Crippen LogP contribution in [0.2, 0.25) is 0 Å². The maximum absolute atomic E-state index is 13.9. The van der Waals surface area contributed by atoms with Gasteiger partial charge in [-0.15, -0.1) is 0 Å². The normalized spacial score (nSPS) is 30.0. The van der Waals surface area contributed by atoms with Gasteiger partial charge in [-0.1, -0.05) is 13.8 Å². The average molecular weight is 484 g/mol. The molecule has 3 heterocycles. The zero-order valence-electron chi connectivity index (χ0n) is 20.5. The summed E-state index contributed by atoms with van der Waals surface area (Å²) < 4.78 is 51.4. The number of pyridine rings is 1. The molecule has 1 aromatic heterocycles. The number of amides is 1. The maximum atomic E-state index is 13.9. The Labute approximate surface area is 199 Å². The highest BCUT2D eigenvalue weighted by atomic mass is 19.4. The average Bonchev–Trinajstić information content (AvgIpc) is 3.22. The quantitative estimate of drug-likeness (QED) is 0.689. The molecule has 0 spiro atoms. The van der Waals surface area contributed by atoms with Gasteiger partial charge in [-0.3, -0.25) is 9.78 Å². The Hall–Kier alpha value is -1.71. The molecule has 1 amide bonds. The van der Waals surface area contributed by atoms with Gasteiger partial charge in [0, 0.05) is 56.7 Å². The van der Waals surface area contributed by atoms with Crippen LogP contribution in [0.25, 0.3) is 0 Å². The highest BCUT2D eigenvalue weighted by Gasteiger charge is 2.50. The van der Waals surface area contributed by atoms with Crippen molar-refractivity contribution in [2.24, 2.45) is 11.3 Å². The Kier molecular flexibility index (Phi) is 7.27. The predicted octanol–water partition coefficient (Wildman–Crippen LogP) is 3.88. The Morgan fingerprint density at radius 2 is 2.12 bits per heavy atom. The lowest BCUT2D eigenvalue weighted by Crippen LogP contribution is -2.52. The molecule has 0 radical (unpaired) electrons. The molecule has 1 saturated heterocycles. The second-order valence-corrected chi connectivity index (χ2v) is 10.4. The number of fused-ring (bicyclic) bond motifs is 1. The van der Waals surface area contributed by atoms with E-state index in [0.717, 1.165) is 25.7 Å². The summed E-state index contributed by atoms with van der Waals surface area (Å²) in [4.78, 5) is 19.9. The fourth-order valence-corrected chi connectivity index (χ4v) is 5.97. The molecule has 0 aromatic carbocycles. The van der Waals surface area contributed by atoms with Crippen LogP contribution < -0.4 is 5.32 Å². The SMILES string of the molecule is CO[C@@H]1COCC[C@@H]1N[C@@H]1CC[C@@](C(=O)N2CCc3nc(C)c(C(F)(F)F)cc3C2)(C(C)C)C1. The molecule has 2 aliphatic heterocycles. The smallest absolute Gasteiger partial charge is 0.379 e. The topological polar surface area (TPSA) is 63.7 Å². The number of aromatic nitrogens is 1. The largest absolute Gasteiger partial charge is 0.418 e. The Morgan fingerprint density at radius 3 is 2.79 bits per heavy atom. The number of halogens is 3. The van der Waals surface area contributed by atoms with Gasteiger partial charge in [0.2, 0.25) is 5.91 Å². The molecule has 0 unspecified atom stereocenters. The van der Waals surface area contributed by atoms with Crippen LogP contribution in [-0.2, 0) is 33.4 Å². The summed E-state index contributed by atoms with van der Waals surface area (Å²) in [6.45, 7) is 7.49. The first-order chi connectivity index (χ1) is 16.0. The Morgan fingerprint density at radius 1 is 1.35 bits per heavy atom. The minimum absolute atomic E-state index is 0.00291. The van der Waals surface area contributed by atoms with E-state index in [4.69, 9.17) is 9.47 Å². The molecule has 2 fully saturated rings. The van der Waals surface area contributed by atoms with Gasteiger partial charge >= 0.3 is 6.18 Å². The summed E-state index contributed by atoms with van der Waals surface area (Å²) in [5.41, 5.74) is -0.0581. The molecule has 0 bridgehead atoms. The summed E-state index contributed by atoms with van der Waals surface area (Å²) in [6.07, 6.45) is -0.725. The number of hydrogen-bond acceptors (Lipinski definition) is 5. The molecular formula is C25H36F3N3O3. The summed E-state index contributed by atoms with van der Waals surface area (Å²) in [5.74, 6) is 0.185. The van der Waals surface area contributed by atoms with Gasteiger partial charge in [-0.05, 0) is 50.2 Å². The van der Waals surface area contributed by atoms with E-state index in [1.54, 1.807) is 12.0 Å². The van der Waals surface area contributed by atoms with Crippen molar-refractivity contribution >= 4 is 5.91 Å². The molecule has 34 heavy (non-hydrogen) atoms. The minimum atomic E-state index is -4.45. The summed E-state index contributed by atoms with van der Waals surface area (Å²) in [6, 6.07) is 1.58. The Balaban J connectivity index is 1.50. The number of nitrogens with zero attached hydrogens (tertiary/aromatic N) is 2. The Bertz CT molecular complexity index is 907. The summed E-state index contributed by atoms with van der Waals surface area (Å²) >= 11 is 0.